The molecule has 16 heavy (non-hydrogen) atoms. The van der Waals surface area contributed by atoms with Crippen molar-refractivity contribution in [1.29, 1.82) is 0 Å². The van der Waals surface area contributed by atoms with Crippen LogP contribution < -0.4 is 0 Å². The van der Waals surface area contributed by atoms with Gasteiger partial charge in [-0.1, -0.05) is 0 Å². The van der Waals surface area contributed by atoms with Crippen molar-refractivity contribution in [2.45, 2.75) is 19.9 Å². The molecule has 0 atom stereocenters. The highest BCUT2D eigenvalue weighted by Crippen LogP contribution is 2.07. The lowest BCUT2D eigenvalue weighted by molar-refractivity contribution is 0.0689. The average molecular weight is 220 g/mol. The lowest BCUT2D eigenvalue weighted by Crippen LogP contribution is -2.06. The summed E-state index contributed by atoms with van der Waals surface area (Å²) in [6, 6.07) is 5.27. The molecule has 2 rings (SSSR count). The Balaban J connectivity index is 2.07. The third kappa shape index (κ3) is 2.13. The van der Waals surface area contributed by atoms with E-state index in [0.717, 1.165) is 11.5 Å². The summed E-state index contributed by atoms with van der Waals surface area (Å²) in [6.07, 6.45) is 2.32. The molecule has 5 heteroatoms. The van der Waals surface area contributed by atoms with Crippen LogP contribution in [0.4, 0.5) is 0 Å². The number of rotatable bonds is 4. The highest BCUT2D eigenvalue weighted by atomic mass is 16.4. The predicted molar refractivity (Wildman–Crippen MR) is 56.3 cm³/mol. The Labute approximate surface area is 92.3 Å². The van der Waals surface area contributed by atoms with Crippen LogP contribution in [0.5, 0.6) is 0 Å². The number of aromatic carboxylic acids is 1. The summed E-state index contributed by atoms with van der Waals surface area (Å²) in [5.41, 5.74) is 0.918. The molecule has 0 saturated heterocycles. The molecule has 0 aromatic carbocycles. The Bertz CT molecular complexity index is 485. The van der Waals surface area contributed by atoms with Gasteiger partial charge in [-0.15, -0.1) is 0 Å². The van der Waals surface area contributed by atoms with Gasteiger partial charge in [-0.25, -0.2) is 4.79 Å². The van der Waals surface area contributed by atoms with Crippen molar-refractivity contribution in [3.05, 3.63) is 41.6 Å². The lowest BCUT2D eigenvalue weighted by Gasteiger charge is -2.01. The van der Waals surface area contributed by atoms with Crippen LogP contribution in [0.2, 0.25) is 0 Å². The molecule has 0 saturated carbocycles. The molecule has 5 nitrogen and oxygen atoms in total. The zero-order valence-electron chi connectivity index (χ0n) is 8.88. The summed E-state index contributed by atoms with van der Waals surface area (Å²) in [5, 5.41) is 12.8. The molecular weight excluding hydrogens is 208 g/mol. The number of carbonyl (C=O) groups is 1. The van der Waals surface area contributed by atoms with Gasteiger partial charge in [0.05, 0.1) is 6.26 Å². The molecule has 84 valence electrons. The van der Waals surface area contributed by atoms with E-state index in [9.17, 15) is 4.79 Å². The molecule has 0 amide bonds. The van der Waals surface area contributed by atoms with Crippen LogP contribution in [0, 0.1) is 6.92 Å². The van der Waals surface area contributed by atoms with Crippen LogP contribution in [0.3, 0.4) is 0 Å². The SMILES string of the molecule is Cc1cc(C(=O)O)nn1CCc1ccco1. The van der Waals surface area contributed by atoms with Crippen molar-refractivity contribution in [2.24, 2.45) is 0 Å². The van der Waals surface area contributed by atoms with Crippen molar-refractivity contribution >= 4 is 5.97 Å². The minimum absolute atomic E-state index is 0.0805. The zero-order valence-corrected chi connectivity index (χ0v) is 8.88. The van der Waals surface area contributed by atoms with E-state index in [4.69, 9.17) is 9.52 Å². The van der Waals surface area contributed by atoms with Crippen LogP contribution in [-0.2, 0) is 13.0 Å². The highest BCUT2D eigenvalue weighted by molar-refractivity contribution is 5.85. The Morgan fingerprint density at radius 2 is 2.44 bits per heavy atom. The minimum atomic E-state index is -1.00. The van der Waals surface area contributed by atoms with Crippen LogP contribution in [-0.4, -0.2) is 20.9 Å². The maximum absolute atomic E-state index is 10.7. The van der Waals surface area contributed by atoms with Gasteiger partial charge in [-0.3, -0.25) is 4.68 Å². The summed E-state index contributed by atoms with van der Waals surface area (Å²) in [4.78, 5) is 10.7. The maximum atomic E-state index is 10.7. The Morgan fingerprint density at radius 1 is 1.62 bits per heavy atom. The first-order chi connectivity index (χ1) is 7.66. The first-order valence-corrected chi connectivity index (χ1v) is 4.97. The highest BCUT2D eigenvalue weighted by Gasteiger charge is 2.10. The molecule has 0 aliphatic heterocycles. The van der Waals surface area contributed by atoms with E-state index in [0.29, 0.717) is 13.0 Å². The number of aromatic nitrogens is 2. The van der Waals surface area contributed by atoms with E-state index in [1.807, 2.05) is 19.1 Å². The number of hydrogen-bond donors (Lipinski definition) is 1. The second kappa shape index (κ2) is 4.22. The van der Waals surface area contributed by atoms with Gasteiger partial charge in [0.25, 0.3) is 0 Å². The molecule has 0 aliphatic rings. The molecule has 0 fully saturated rings. The summed E-state index contributed by atoms with van der Waals surface area (Å²) >= 11 is 0. The minimum Gasteiger partial charge on any atom is -0.476 e. The van der Waals surface area contributed by atoms with Crippen LogP contribution in [0.1, 0.15) is 21.9 Å². The molecule has 0 unspecified atom stereocenters. The Morgan fingerprint density at radius 3 is 3.00 bits per heavy atom. The van der Waals surface area contributed by atoms with Crippen molar-refractivity contribution in [2.75, 3.05) is 0 Å². The fraction of sp³-hybridized carbons (Fsp3) is 0.273. The monoisotopic (exact) mass is 220 g/mol. The summed E-state index contributed by atoms with van der Waals surface area (Å²) in [5.74, 6) is -0.133. The summed E-state index contributed by atoms with van der Waals surface area (Å²) < 4.78 is 6.86. The van der Waals surface area contributed by atoms with Crippen LogP contribution in [0.25, 0.3) is 0 Å². The zero-order chi connectivity index (χ0) is 11.5. The maximum Gasteiger partial charge on any atom is 0.356 e. The standard InChI is InChI=1S/C11H12N2O3/c1-8-7-10(11(14)15)12-13(8)5-4-9-3-2-6-16-9/h2-3,6-7H,4-5H2,1H3,(H,14,15). The number of carboxylic acids is 1. The average Bonchev–Trinajstić information content (AvgIpc) is 2.84. The first kappa shape index (κ1) is 10.5. The third-order valence-electron chi connectivity index (χ3n) is 2.35. The Kier molecular flexibility index (Phi) is 2.76. The van der Waals surface area contributed by atoms with Gasteiger partial charge in [0.15, 0.2) is 5.69 Å². The third-order valence-corrected chi connectivity index (χ3v) is 2.35. The topological polar surface area (TPSA) is 68.3 Å². The van der Waals surface area contributed by atoms with Crippen LogP contribution in [0.15, 0.2) is 28.9 Å². The van der Waals surface area contributed by atoms with E-state index >= 15 is 0 Å². The van der Waals surface area contributed by atoms with Gasteiger partial charge < -0.3 is 9.52 Å². The van der Waals surface area contributed by atoms with Crippen LogP contribution >= 0.6 is 0 Å². The molecule has 2 heterocycles. The molecule has 2 aromatic heterocycles. The Hall–Kier alpha value is -2.04. The molecule has 0 aliphatic carbocycles. The van der Waals surface area contributed by atoms with Gasteiger partial charge in [0.1, 0.15) is 5.76 Å². The number of furan rings is 1. The van der Waals surface area contributed by atoms with E-state index in [-0.39, 0.29) is 5.69 Å². The number of nitrogens with zero attached hydrogens (tertiary/aromatic N) is 2. The fourth-order valence-electron chi connectivity index (χ4n) is 1.51. The van der Waals surface area contributed by atoms with E-state index in [1.54, 1.807) is 17.0 Å². The summed E-state index contributed by atoms with van der Waals surface area (Å²) in [7, 11) is 0. The summed E-state index contributed by atoms with van der Waals surface area (Å²) in [6.45, 7) is 2.45. The van der Waals surface area contributed by atoms with Gasteiger partial charge in [0.2, 0.25) is 0 Å². The second-order valence-corrected chi connectivity index (χ2v) is 3.53. The normalized spacial score (nSPS) is 10.6. The van der Waals surface area contributed by atoms with Crippen molar-refractivity contribution < 1.29 is 14.3 Å². The van der Waals surface area contributed by atoms with Crippen molar-refractivity contribution in [1.82, 2.24) is 9.78 Å². The van der Waals surface area contributed by atoms with Gasteiger partial charge in [0, 0.05) is 18.7 Å². The quantitative estimate of drug-likeness (QED) is 0.851. The van der Waals surface area contributed by atoms with Gasteiger partial charge >= 0.3 is 5.97 Å². The van der Waals surface area contributed by atoms with Gasteiger partial charge in [-0.05, 0) is 25.1 Å². The molecular formula is C11H12N2O3. The molecule has 0 spiro atoms. The largest absolute Gasteiger partial charge is 0.476 e. The van der Waals surface area contributed by atoms with E-state index < -0.39 is 5.97 Å². The fourth-order valence-corrected chi connectivity index (χ4v) is 1.51. The smallest absolute Gasteiger partial charge is 0.356 e. The van der Waals surface area contributed by atoms with E-state index in [2.05, 4.69) is 5.10 Å². The van der Waals surface area contributed by atoms with E-state index in [1.165, 1.54) is 0 Å². The van der Waals surface area contributed by atoms with Gasteiger partial charge in [-0.2, -0.15) is 5.10 Å². The van der Waals surface area contributed by atoms with Crippen molar-refractivity contribution in [3.63, 3.8) is 0 Å². The number of aryl methyl sites for hydroxylation is 3. The molecule has 2 aromatic rings. The van der Waals surface area contributed by atoms with Crippen molar-refractivity contribution in [3.8, 4) is 0 Å². The molecule has 0 radical (unpaired) electrons. The molecule has 0 bridgehead atoms. The lowest BCUT2D eigenvalue weighted by atomic mass is 10.3. The second-order valence-electron chi connectivity index (χ2n) is 3.53. The molecule has 1 N–H and O–H groups in total. The number of hydrogen-bond acceptors (Lipinski definition) is 3. The number of carboxylic acid groups (broad SMARTS) is 1. The predicted octanol–water partition coefficient (Wildman–Crippen LogP) is 1.73. The first-order valence-electron chi connectivity index (χ1n) is 4.97.